The first kappa shape index (κ1) is 19.7. The van der Waals surface area contributed by atoms with E-state index in [-0.39, 0.29) is 29.9 Å². The number of H-pyrrole nitrogens is 1. The van der Waals surface area contributed by atoms with Gasteiger partial charge in [-0.05, 0) is 38.2 Å². The average molecular weight is 395 g/mol. The molecule has 6 heteroatoms. The van der Waals surface area contributed by atoms with E-state index in [0.717, 1.165) is 50.8 Å². The Morgan fingerprint density at radius 1 is 1.14 bits per heavy atom. The molecule has 2 fully saturated rings. The Morgan fingerprint density at radius 3 is 2.62 bits per heavy atom. The van der Waals surface area contributed by atoms with Gasteiger partial charge in [0.05, 0.1) is 23.8 Å². The molecule has 0 unspecified atom stereocenters. The quantitative estimate of drug-likeness (QED) is 0.868. The fourth-order valence-corrected chi connectivity index (χ4v) is 5.18. The van der Waals surface area contributed by atoms with Crippen LogP contribution < -0.4 is 0 Å². The molecule has 1 N–H and O–H groups in total. The van der Waals surface area contributed by atoms with Crippen molar-refractivity contribution in [1.29, 1.82) is 0 Å². The number of fused-ring (bicyclic) bond motifs is 1. The van der Waals surface area contributed by atoms with E-state index in [1.807, 2.05) is 30.0 Å². The van der Waals surface area contributed by atoms with Crippen LogP contribution in [0.25, 0.3) is 0 Å². The molecule has 154 valence electrons. The number of aryl methyl sites for hydroxylation is 1. The smallest absolute Gasteiger partial charge is 0.257 e. The van der Waals surface area contributed by atoms with Crippen molar-refractivity contribution in [3.63, 3.8) is 0 Å². The van der Waals surface area contributed by atoms with Crippen LogP contribution in [0.5, 0.6) is 0 Å². The summed E-state index contributed by atoms with van der Waals surface area (Å²) < 4.78 is 0. The number of aromatic amines is 1. The molecule has 2 aromatic rings. The summed E-state index contributed by atoms with van der Waals surface area (Å²) in [5, 5.41) is 6.92. The van der Waals surface area contributed by atoms with E-state index in [9.17, 15) is 9.59 Å². The minimum atomic E-state index is 0.0389. The second kappa shape index (κ2) is 8.39. The number of amides is 2. The van der Waals surface area contributed by atoms with Gasteiger partial charge in [0.1, 0.15) is 0 Å². The largest absolute Gasteiger partial charge is 0.334 e. The van der Waals surface area contributed by atoms with Crippen LogP contribution in [0.3, 0.4) is 0 Å². The molecule has 2 amide bonds. The monoisotopic (exact) mass is 394 g/mol. The van der Waals surface area contributed by atoms with Gasteiger partial charge in [0.15, 0.2) is 0 Å². The molecule has 0 bridgehead atoms. The lowest BCUT2D eigenvalue weighted by atomic mass is 9.95. The zero-order chi connectivity index (χ0) is 20.4. The van der Waals surface area contributed by atoms with Crippen LogP contribution in [-0.4, -0.2) is 56.5 Å². The Hall–Kier alpha value is -2.63. The Balaban J connectivity index is 1.64. The lowest BCUT2D eigenvalue weighted by molar-refractivity contribution is -0.132. The van der Waals surface area contributed by atoms with Gasteiger partial charge in [-0.1, -0.05) is 43.2 Å². The molecule has 0 saturated carbocycles. The zero-order valence-corrected chi connectivity index (χ0v) is 17.3. The van der Waals surface area contributed by atoms with Gasteiger partial charge in [-0.2, -0.15) is 5.10 Å². The van der Waals surface area contributed by atoms with E-state index in [4.69, 9.17) is 0 Å². The average Bonchev–Trinajstić information content (AvgIpc) is 3.26. The Kier molecular flexibility index (Phi) is 5.69. The van der Waals surface area contributed by atoms with Crippen molar-refractivity contribution in [2.24, 2.45) is 0 Å². The van der Waals surface area contributed by atoms with Gasteiger partial charge in [0.25, 0.3) is 5.91 Å². The van der Waals surface area contributed by atoms with Crippen LogP contribution in [-0.2, 0) is 11.2 Å². The van der Waals surface area contributed by atoms with Crippen LogP contribution in [0.15, 0.2) is 36.5 Å². The SMILES string of the molecule is CC(=O)N1[C@H](Cc2ccccc2)C[C@H]2[C@H]1CCCCCN2C(=O)c1cn[nH]c1C. The van der Waals surface area contributed by atoms with E-state index in [1.54, 1.807) is 13.1 Å². The molecule has 0 spiro atoms. The predicted molar refractivity (Wildman–Crippen MR) is 111 cm³/mol. The Morgan fingerprint density at radius 2 is 1.93 bits per heavy atom. The summed E-state index contributed by atoms with van der Waals surface area (Å²) in [6.07, 6.45) is 7.47. The normalized spacial score (nSPS) is 24.7. The summed E-state index contributed by atoms with van der Waals surface area (Å²) in [6.45, 7) is 4.30. The molecule has 2 saturated heterocycles. The number of rotatable bonds is 3. The highest BCUT2D eigenvalue weighted by Crippen LogP contribution is 2.36. The highest BCUT2D eigenvalue weighted by Gasteiger charge is 2.46. The van der Waals surface area contributed by atoms with Gasteiger partial charge in [-0.15, -0.1) is 0 Å². The number of hydrogen-bond donors (Lipinski definition) is 1. The summed E-state index contributed by atoms with van der Waals surface area (Å²) in [5.41, 5.74) is 2.68. The molecule has 0 aliphatic carbocycles. The fourth-order valence-electron chi connectivity index (χ4n) is 5.18. The standard InChI is InChI=1S/C23H30N4O2/c1-16-20(15-24-25-16)23(29)26-12-8-4-7-11-21-22(26)14-19(27(21)17(2)28)13-18-9-5-3-6-10-18/h3,5-6,9-10,15,19,21-22H,4,7-8,11-14H2,1-2H3,(H,24,25)/t19-,21-,22+/m1/s1. The molecule has 2 aliphatic heterocycles. The molecule has 6 nitrogen and oxygen atoms in total. The molecule has 4 rings (SSSR count). The van der Waals surface area contributed by atoms with Crippen LogP contribution in [0, 0.1) is 6.92 Å². The maximum atomic E-state index is 13.4. The van der Waals surface area contributed by atoms with Crippen molar-refractivity contribution in [2.75, 3.05) is 6.54 Å². The van der Waals surface area contributed by atoms with E-state index in [1.165, 1.54) is 5.56 Å². The minimum absolute atomic E-state index is 0.0389. The van der Waals surface area contributed by atoms with Crippen LogP contribution in [0.4, 0.5) is 0 Å². The highest BCUT2D eigenvalue weighted by molar-refractivity contribution is 5.95. The summed E-state index contributed by atoms with van der Waals surface area (Å²) in [7, 11) is 0. The van der Waals surface area contributed by atoms with E-state index in [2.05, 4.69) is 27.2 Å². The fraction of sp³-hybridized carbons (Fsp3) is 0.522. The Labute approximate surface area is 172 Å². The topological polar surface area (TPSA) is 69.3 Å². The highest BCUT2D eigenvalue weighted by atomic mass is 16.2. The maximum absolute atomic E-state index is 13.4. The number of aromatic nitrogens is 2. The number of benzene rings is 1. The van der Waals surface area contributed by atoms with E-state index in [0.29, 0.717) is 5.56 Å². The lowest BCUT2D eigenvalue weighted by Crippen LogP contribution is -2.50. The van der Waals surface area contributed by atoms with Crippen LogP contribution in [0.2, 0.25) is 0 Å². The van der Waals surface area contributed by atoms with Crippen molar-refractivity contribution in [1.82, 2.24) is 20.0 Å². The van der Waals surface area contributed by atoms with E-state index < -0.39 is 0 Å². The van der Waals surface area contributed by atoms with Gasteiger partial charge in [-0.3, -0.25) is 14.7 Å². The second-order valence-corrected chi connectivity index (χ2v) is 8.40. The molecule has 3 atom stereocenters. The van der Waals surface area contributed by atoms with Gasteiger partial charge in [0, 0.05) is 25.2 Å². The first-order chi connectivity index (χ1) is 14.1. The number of carbonyl (C=O) groups is 2. The first-order valence-electron chi connectivity index (χ1n) is 10.7. The van der Waals surface area contributed by atoms with Gasteiger partial charge in [-0.25, -0.2) is 0 Å². The third kappa shape index (κ3) is 3.93. The maximum Gasteiger partial charge on any atom is 0.257 e. The summed E-state index contributed by atoms with van der Waals surface area (Å²) in [5.74, 6) is 0.155. The molecule has 3 heterocycles. The predicted octanol–water partition coefficient (Wildman–Crippen LogP) is 3.34. The molecular weight excluding hydrogens is 364 g/mol. The number of nitrogens with zero attached hydrogens (tertiary/aromatic N) is 3. The number of likely N-dealkylation sites (tertiary alicyclic amines) is 2. The summed E-state index contributed by atoms with van der Waals surface area (Å²) in [4.78, 5) is 30.2. The van der Waals surface area contributed by atoms with Crippen LogP contribution in [0.1, 0.15) is 60.6 Å². The second-order valence-electron chi connectivity index (χ2n) is 8.40. The van der Waals surface area contributed by atoms with Crippen molar-refractivity contribution < 1.29 is 9.59 Å². The van der Waals surface area contributed by atoms with E-state index >= 15 is 0 Å². The summed E-state index contributed by atoms with van der Waals surface area (Å²) >= 11 is 0. The molecule has 0 radical (unpaired) electrons. The van der Waals surface area contributed by atoms with Gasteiger partial charge in [0.2, 0.25) is 5.91 Å². The van der Waals surface area contributed by atoms with Crippen molar-refractivity contribution in [3.05, 3.63) is 53.3 Å². The molecule has 1 aromatic heterocycles. The zero-order valence-electron chi connectivity index (χ0n) is 17.3. The summed E-state index contributed by atoms with van der Waals surface area (Å²) in [6, 6.07) is 10.6. The van der Waals surface area contributed by atoms with Crippen molar-refractivity contribution in [3.8, 4) is 0 Å². The molecule has 1 aromatic carbocycles. The van der Waals surface area contributed by atoms with Crippen molar-refractivity contribution >= 4 is 11.8 Å². The molecule has 29 heavy (non-hydrogen) atoms. The van der Waals surface area contributed by atoms with Crippen LogP contribution >= 0.6 is 0 Å². The lowest BCUT2D eigenvalue weighted by Gasteiger charge is -2.37. The molecule has 2 aliphatic rings. The van der Waals surface area contributed by atoms with Crippen molar-refractivity contribution in [2.45, 2.75) is 70.5 Å². The number of hydrogen-bond acceptors (Lipinski definition) is 3. The van der Waals surface area contributed by atoms with Gasteiger partial charge >= 0.3 is 0 Å². The first-order valence-corrected chi connectivity index (χ1v) is 10.7. The third-order valence-corrected chi connectivity index (χ3v) is 6.51. The number of carbonyl (C=O) groups excluding carboxylic acids is 2. The third-order valence-electron chi connectivity index (χ3n) is 6.51. The minimum Gasteiger partial charge on any atom is -0.334 e. The Bertz CT molecular complexity index is 863. The molecular formula is C23H30N4O2. The number of nitrogens with one attached hydrogen (secondary N) is 1. The van der Waals surface area contributed by atoms with Gasteiger partial charge < -0.3 is 9.80 Å².